The van der Waals surface area contributed by atoms with Gasteiger partial charge >= 0.3 is 0 Å². The van der Waals surface area contributed by atoms with Gasteiger partial charge in [0.25, 0.3) is 0 Å². The average Bonchev–Trinajstić information content (AvgIpc) is 3.25. The molecule has 2 aromatic rings. The molecule has 23 heavy (non-hydrogen) atoms. The predicted octanol–water partition coefficient (Wildman–Crippen LogP) is 2.83. The molecular formula is C19H21N3O. The average molecular weight is 307 g/mol. The molecule has 2 aliphatic rings. The maximum absolute atomic E-state index is 13.1. The highest BCUT2D eigenvalue weighted by Crippen LogP contribution is 2.50. The van der Waals surface area contributed by atoms with Crippen molar-refractivity contribution in [3.05, 3.63) is 59.7 Å². The van der Waals surface area contributed by atoms with Gasteiger partial charge in [-0.05, 0) is 37.8 Å². The summed E-state index contributed by atoms with van der Waals surface area (Å²) >= 11 is 0. The summed E-state index contributed by atoms with van der Waals surface area (Å²) in [5.74, 6) is 1.44. The number of carbonyl (C=O) groups is 1. The van der Waals surface area contributed by atoms with Crippen LogP contribution in [0.3, 0.4) is 0 Å². The van der Waals surface area contributed by atoms with Crippen molar-refractivity contribution in [1.82, 2.24) is 14.9 Å². The molecule has 1 aromatic carbocycles. The molecule has 1 aromatic heterocycles. The number of carbonyl (C=O) groups excluding carboxylic acids is 1. The largest absolute Gasteiger partial charge is 0.341 e. The minimum absolute atomic E-state index is 0.260. The van der Waals surface area contributed by atoms with Crippen molar-refractivity contribution in [1.29, 1.82) is 0 Å². The normalized spacial score (nSPS) is 22.1. The van der Waals surface area contributed by atoms with Crippen LogP contribution in [0.25, 0.3) is 0 Å². The van der Waals surface area contributed by atoms with Crippen molar-refractivity contribution in [3.8, 4) is 0 Å². The number of benzene rings is 1. The summed E-state index contributed by atoms with van der Waals surface area (Å²) in [5, 5.41) is 0. The van der Waals surface area contributed by atoms with Gasteiger partial charge in [0.2, 0.25) is 5.91 Å². The van der Waals surface area contributed by atoms with E-state index in [1.807, 2.05) is 42.3 Å². The fraction of sp³-hybridized carbons (Fsp3) is 0.421. The molecule has 0 spiro atoms. The fourth-order valence-electron chi connectivity index (χ4n) is 3.63. The van der Waals surface area contributed by atoms with E-state index in [1.165, 1.54) is 5.56 Å². The smallest absolute Gasteiger partial charge is 0.233 e. The lowest BCUT2D eigenvalue weighted by atomic mass is 9.94. The van der Waals surface area contributed by atoms with E-state index in [1.54, 1.807) is 0 Å². The number of hydrogen-bond acceptors (Lipinski definition) is 3. The van der Waals surface area contributed by atoms with Gasteiger partial charge in [0.15, 0.2) is 0 Å². The first-order valence-electron chi connectivity index (χ1n) is 8.33. The van der Waals surface area contributed by atoms with Gasteiger partial charge in [-0.1, -0.05) is 30.3 Å². The van der Waals surface area contributed by atoms with E-state index in [0.717, 1.165) is 43.9 Å². The van der Waals surface area contributed by atoms with Crippen LogP contribution >= 0.6 is 0 Å². The molecular weight excluding hydrogens is 286 g/mol. The first-order chi connectivity index (χ1) is 11.2. The Labute approximate surface area is 136 Å². The van der Waals surface area contributed by atoms with E-state index >= 15 is 0 Å². The van der Waals surface area contributed by atoms with Gasteiger partial charge in [0.1, 0.15) is 5.82 Å². The molecule has 4 heteroatoms. The van der Waals surface area contributed by atoms with Crippen LogP contribution in [0, 0.1) is 6.92 Å². The third-order valence-corrected chi connectivity index (χ3v) is 5.14. The molecule has 1 atom stereocenters. The Bertz CT molecular complexity index is 724. The summed E-state index contributed by atoms with van der Waals surface area (Å²) in [6.45, 7) is 3.55. The number of nitrogens with zero attached hydrogens (tertiary/aromatic N) is 3. The highest BCUT2D eigenvalue weighted by atomic mass is 16.2. The Morgan fingerprint density at radius 1 is 1.22 bits per heavy atom. The summed E-state index contributed by atoms with van der Waals surface area (Å²) in [6.07, 6.45) is 4.71. The number of hydrogen-bond donors (Lipinski definition) is 0. The summed E-state index contributed by atoms with van der Waals surface area (Å²) in [7, 11) is 0. The Balaban J connectivity index is 1.51. The first-order valence-corrected chi connectivity index (χ1v) is 8.33. The predicted molar refractivity (Wildman–Crippen MR) is 88.1 cm³/mol. The van der Waals surface area contributed by atoms with E-state index in [0.29, 0.717) is 5.91 Å². The Morgan fingerprint density at radius 2 is 2.00 bits per heavy atom. The van der Waals surface area contributed by atoms with Crippen molar-refractivity contribution in [2.45, 2.75) is 37.5 Å². The quantitative estimate of drug-likeness (QED) is 0.876. The Morgan fingerprint density at radius 3 is 2.70 bits per heavy atom. The summed E-state index contributed by atoms with van der Waals surface area (Å²) in [4.78, 5) is 24.0. The third kappa shape index (κ3) is 2.52. The van der Waals surface area contributed by atoms with Gasteiger partial charge in [-0.3, -0.25) is 4.79 Å². The second kappa shape index (κ2) is 5.44. The molecule has 0 radical (unpaired) electrons. The van der Waals surface area contributed by atoms with E-state index in [4.69, 9.17) is 0 Å². The zero-order valence-electron chi connectivity index (χ0n) is 13.4. The minimum atomic E-state index is -0.260. The van der Waals surface area contributed by atoms with E-state index in [2.05, 4.69) is 22.1 Å². The van der Waals surface area contributed by atoms with Gasteiger partial charge in [-0.15, -0.1) is 0 Å². The molecule has 4 nitrogen and oxygen atoms in total. The van der Waals surface area contributed by atoms with E-state index < -0.39 is 0 Å². The van der Waals surface area contributed by atoms with Crippen LogP contribution in [0.15, 0.2) is 42.6 Å². The van der Waals surface area contributed by atoms with Crippen molar-refractivity contribution in [2.24, 2.45) is 0 Å². The second-order valence-electron chi connectivity index (χ2n) is 6.74. The monoisotopic (exact) mass is 307 g/mol. The number of amides is 1. The SMILES string of the molecule is Cc1ccnc(C2CCN(C(=O)C3(c4ccccc4)CC3)C2)n1. The molecule has 0 bridgehead atoms. The lowest BCUT2D eigenvalue weighted by Gasteiger charge is -2.23. The van der Waals surface area contributed by atoms with E-state index in [9.17, 15) is 4.79 Å². The molecule has 1 saturated heterocycles. The lowest BCUT2D eigenvalue weighted by Crippen LogP contribution is -2.37. The van der Waals surface area contributed by atoms with Crippen LogP contribution in [-0.2, 0) is 10.2 Å². The summed E-state index contributed by atoms with van der Waals surface area (Å²) < 4.78 is 0. The third-order valence-electron chi connectivity index (χ3n) is 5.14. The zero-order valence-corrected chi connectivity index (χ0v) is 13.4. The number of rotatable bonds is 3. The van der Waals surface area contributed by atoms with Gasteiger partial charge < -0.3 is 4.90 Å². The topological polar surface area (TPSA) is 46.1 Å². The van der Waals surface area contributed by atoms with Crippen LogP contribution < -0.4 is 0 Å². The molecule has 118 valence electrons. The first kappa shape index (κ1) is 14.4. The zero-order chi connectivity index (χ0) is 15.9. The maximum atomic E-state index is 13.1. The van der Waals surface area contributed by atoms with Crippen LogP contribution in [0.5, 0.6) is 0 Å². The molecule has 1 aliphatic heterocycles. The maximum Gasteiger partial charge on any atom is 0.233 e. The summed E-state index contributed by atoms with van der Waals surface area (Å²) in [6, 6.07) is 12.1. The van der Waals surface area contributed by atoms with Crippen LogP contribution in [-0.4, -0.2) is 33.9 Å². The lowest BCUT2D eigenvalue weighted by molar-refractivity contribution is -0.132. The Kier molecular flexibility index (Phi) is 3.40. The molecule has 4 rings (SSSR count). The highest BCUT2D eigenvalue weighted by Gasteiger charge is 2.53. The fourth-order valence-corrected chi connectivity index (χ4v) is 3.63. The standard InChI is InChI=1S/C19H21N3O/c1-14-7-11-20-17(21-14)15-8-12-22(13-15)18(23)19(9-10-19)16-5-3-2-4-6-16/h2-7,11,15H,8-10,12-13H2,1H3. The van der Waals surface area contributed by atoms with Gasteiger partial charge in [-0.25, -0.2) is 9.97 Å². The molecule has 2 heterocycles. The van der Waals surface area contributed by atoms with Gasteiger partial charge in [0.05, 0.1) is 5.41 Å². The molecule has 1 saturated carbocycles. The van der Waals surface area contributed by atoms with Crippen molar-refractivity contribution in [3.63, 3.8) is 0 Å². The molecule has 1 amide bonds. The van der Waals surface area contributed by atoms with Gasteiger partial charge in [0, 0.05) is 30.9 Å². The number of aryl methyl sites for hydroxylation is 1. The van der Waals surface area contributed by atoms with Crippen LogP contribution in [0.4, 0.5) is 0 Å². The highest BCUT2D eigenvalue weighted by molar-refractivity contribution is 5.91. The van der Waals surface area contributed by atoms with Crippen molar-refractivity contribution < 1.29 is 4.79 Å². The number of likely N-dealkylation sites (tertiary alicyclic amines) is 1. The second-order valence-corrected chi connectivity index (χ2v) is 6.74. The van der Waals surface area contributed by atoms with Crippen molar-refractivity contribution in [2.75, 3.05) is 13.1 Å². The van der Waals surface area contributed by atoms with Crippen LogP contribution in [0.2, 0.25) is 0 Å². The van der Waals surface area contributed by atoms with Crippen LogP contribution in [0.1, 0.15) is 42.3 Å². The minimum Gasteiger partial charge on any atom is -0.341 e. The number of aromatic nitrogens is 2. The summed E-state index contributed by atoms with van der Waals surface area (Å²) in [5.41, 5.74) is 1.90. The Hall–Kier alpha value is -2.23. The molecule has 2 fully saturated rings. The molecule has 0 N–H and O–H groups in total. The van der Waals surface area contributed by atoms with E-state index in [-0.39, 0.29) is 11.3 Å². The molecule has 1 aliphatic carbocycles. The molecule has 1 unspecified atom stereocenters. The van der Waals surface area contributed by atoms with Gasteiger partial charge in [-0.2, -0.15) is 0 Å². The van der Waals surface area contributed by atoms with Crippen molar-refractivity contribution >= 4 is 5.91 Å².